The van der Waals surface area contributed by atoms with E-state index in [9.17, 15) is 5.11 Å². The molecular formula is C14H21NO2. The van der Waals surface area contributed by atoms with E-state index >= 15 is 0 Å². The van der Waals surface area contributed by atoms with Gasteiger partial charge in [-0.05, 0) is 43.9 Å². The molecule has 1 aliphatic heterocycles. The zero-order chi connectivity index (χ0) is 11.8. The molecule has 0 aromatic carbocycles. The van der Waals surface area contributed by atoms with Crippen LogP contribution in [0.25, 0.3) is 0 Å². The van der Waals surface area contributed by atoms with Crippen molar-refractivity contribution in [3.8, 4) is 0 Å². The summed E-state index contributed by atoms with van der Waals surface area (Å²) in [5.41, 5.74) is 0. The van der Waals surface area contributed by atoms with E-state index in [1.165, 1.54) is 12.8 Å². The predicted octanol–water partition coefficient (Wildman–Crippen LogP) is 2.36. The Morgan fingerprint density at radius 2 is 2.29 bits per heavy atom. The fraction of sp³-hybridized carbons (Fsp3) is 0.714. The predicted molar refractivity (Wildman–Crippen MR) is 65.7 cm³/mol. The minimum absolute atomic E-state index is 0.271. The molecule has 2 fully saturated rings. The lowest BCUT2D eigenvalue weighted by Gasteiger charge is -2.21. The molecule has 3 heteroatoms. The number of likely N-dealkylation sites (tertiary alicyclic amines) is 1. The standard InChI is InChI=1S/C14H21NO2/c1-10-7-13(10)14-5-4-12(17-14)8-15-6-2-3-11(15)9-16/h4-5,10-11,13,16H,2-3,6-9H2,1H3/t10?,11-,13?/m1/s1. The number of aliphatic hydroxyl groups excluding tert-OH is 1. The lowest BCUT2D eigenvalue weighted by molar-refractivity contribution is 0.145. The molecule has 17 heavy (non-hydrogen) atoms. The summed E-state index contributed by atoms with van der Waals surface area (Å²) in [6, 6.07) is 4.57. The van der Waals surface area contributed by atoms with Crippen LogP contribution in [0.3, 0.4) is 0 Å². The Morgan fingerprint density at radius 1 is 1.47 bits per heavy atom. The fourth-order valence-electron chi connectivity index (χ4n) is 2.91. The van der Waals surface area contributed by atoms with Gasteiger partial charge in [0.05, 0.1) is 13.2 Å². The van der Waals surface area contributed by atoms with Crippen LogP contribution in [-0.4, -0.2) is 29.2 Å². The van der Waals surface area contributed by atoms with Gasteiger partial charge in [0.2, 0.25) is 0 Å². The van der Waals surface area contributed by atoms with Crippen molar-refractivity contribution in [1.82, 2.24) is 4.90 Å². The zero-order valence-electron chi connectivity index (χ0n) is 10.4. The summed E-state index contributed by atoms with van der Waals surface area (Å²) in [5, 5.41) is 9.28. The Bertz CT molecular complexity index is 387. The minimum atomic E-state index is 0.271. The molecule has 2 aliphatic rings. The Labute approximate surface area is 102 Å². The summed E-state index contributed by atoms with van der Waals surface area (Å²) in [4.78, 5) is 2.33. The average Bonchev–Trinajstić information content (AvgIpc) is 2.79. The van der Waals surface area contributed by atoms with Crippen LogP contribution in [0, 0.1) is 5.92 Å². The van der Waals surface area contributed by atoms with Gasteiger partial charge < -0.3 is 9.52 Å². The van der Waals surface area contributed by atoms with E-state index < -0.39 is 0 Å². The molecule has 2 unspecified atom stereocenters. The SMILES string of the molecule is CC1CC1c1ccc(CN2CCC[C@@H]2CO)o1. The molecule has 1 aromatic rings. The van der Waals surface area contributed by atoms with Crippen molar-refractivity contribution in [2.45, 2.75) is 44.7 Å². The van der Waals surface area contributed by atoms with Crippen LogP contribution in [-0.2, 0) is 6.54 Å². The maximum atomic E-state index is 9.28. The zero-order valence-corrected chi connectivity index (χ0v) is 10.4. The smallest absolute Gasteiger partial charge is 0.118 e. The topological polar surface area (TPSA) is 36.6 Å². The fourth-order valence-corrected chi connectivity index (χ4v) is 2.91. The third kappa shape index (κ3) is 2.26. The van der Waals surface area contributed by atoms with Gasteiger partial charge in [-0.2, -0.15) is 0 Å². The van der Waals surface area contributed by atoms with Gasteiger partial charge in [0.15, 0.2) is 0 Å². The molecular weight excluding hydrogens is 214 g/mol. The number of rotatable bonds is 4. The van der Waals surface area contributed by atoms with Crippen LogP contribution < -0.4 is 0 Å². The minimum Gasteiger partial charge on any atom is -0.464 e. The Hall–Kier alpha value is -0.800. The Balaban J connectivity index is 1.62. The van der Waals surface area contributed by atoms with Crippen molar-refractivity contribution in [3.05, 3.63) is 23.7 Å². The van der Waals surface area contributed by atoms with Crippen LogP contribution in [0.15, 0.2) is 16.5 Å². The second-order valence-corrected chi connectivity index (χ2v) is 5.57. The molecule has 1 saturated carbocycles. The lowest BCUT2D eigenvalue weighted by Crippen LogP contribution is -2.31. The van der Waals surface area contributed by atoms with E-state index in [1.54, 1.807) is 0 Å². The van der Waals surface area contributed by atoms with Crippen molar-refractivity contribution < 1.29 is 9.52 Å². The summed E-state index contributed by atoms with van der Waals surface area (Å²) in [5.74, 6) is 3.67. The van der Waals surface area contributed by atoms with E-state index in [1.807, 2.05) is 0 Å². The van der Waals surface area contributed by atoms with Crippen molar-refractivity contribution in [3.63, 3.8) is 0 Å². The van der Waals surface area contributed by atoms with E-state index in [0.29, 0.717) is 12.0 Å². The van der Waals surface area contributed by atoms with Crippen LogP contribution in [0.1, 0.15) is 43.6 Å². The highest BCUT2D eigenvalue weighted by atomic mass is 16.3. The van der Waals surface area contributed by atoms with Crippen molar-refractivity contribution in [2.24, 2.45) is 5.92 Å². The quantitative estimate of drug-likeness (QED) is 0.870. The Morgan fingerprint density at radius 3 is 3.00 bits per heavy atom. The molecule has 94 valence electrons. The first-order chi connectivity index (χ1) is 8.28. The summed E-state index contributed by atoms with van der Waals surface area (Å²) in [7, 11) is 0. The van der Waals surface area contributed by atoms with Gasteiger partial charge in [-0.3, -0.25) is 4.90 Å². The van der Waals surface area contributed by atoms with Crippen LogP contribution in [0.4, 0.5) is 0 Å². The number of nitrogens with zero attached hydrogens (tertiary/aromatic N) is 1. The number of furan rings is 1. The molecule has 1 aromatic heterocycles. The van der Waals surface area contributed by atoms with Gasteiger partial charge in [-0.1, -0.05) is 6.92 Å². The van der Waals surface area contributed by atoms with E-state index in [0.717, 1.165) is 36.9 Å². The molecule has 3 nitrogen and oxygen atoms in total. The molecule has 0 amide bonds. The van der Waals surface area contributed by atoms with Gasteiger partial charge in [0.1, 0.15) is 11.5 Å². The normalized spacial score (nSPS) is 33.2. The molecule has 0 radical (unpaired) electrons. The van der Waals surface area contributed by atoms with Crippen LogP contribution >= 0.6 is 0 Å². The van der Waals surface area contributed by atoms with E-state index in [4.69, 9.17) is 4.42 Å². The summed E-state index contributed by atoms with van der Waals surface area (Å²) >= 11 is 0. The molecule has 0 spiro atoms. The largest absolute Gasteiger partial charge is 0.464 e. The maximum absolute atomic E-state index is 9.28. The van der Waals surface area contributed by atoms with Crippen molar-refractivity contribution in [1.29, 1.82) is 0 Å². The molecule has 3 atom stereocenters. The van der Waals surface area contributed by atoms with Crippen LogP contribution in [0.2, 0.25) is 0 Å². The highest BCUT2D eigenvalue weighted by Gasteiger charge is 2.36. The number of hydrogen-bond acceptors (Lipinski definition) is 3. The molecule has 2 heterocycles. The van der Waals surface area contributed by atoms with Gasteiger partial charge in [0, 0.05) is 12.0 Å². The molecule has 1 N–H and O–H groups in total. The first kappa shape index (κ1) is 11.3. The lowest BCUT2D eigenvalue weighted by atomic mass is 10.2. The molecule has 1 aliphatic carbocycles. The summed E-state index contributed by atoms with van der Waals surface area (Å²) in [6.07, 6.45) is 3.58. The van der Waals surface area contributed by atoms with E-state index in [-0.39, 0.29) is 6.61 Å². The second kappa shape index (κ2) is 4.46. The van der Waals surface area contributed by atoms with Gasteiger partial charge in [-0.25, -0.2) is 0 Å². The van der Waals surface area contributed by atoms with Crippen molar-refractivity contribution >= 4 is 0 Å². The monoisotopic (exact) mass is 235 g/mol. The van der Waals surface area contributed by atoms with Crippen LogP contribution in [0.5, 0.6) is 0 Å². The van der Waals surface area contributed by atoms with E-state index in [2.05, 4.69) is 24.0 Å². The number of hydrogen-bond donors (Lipinski definition) is 1. The summed E-state index contributed by atoms with van der Waals surface area (Å²) in [6.45, 7) is 4.48. The van der Waals surface area contributed by atoms with Gasteiger partial charge >= 0.3 is 0 Å². The first-order valence-electron chi connectivity index (χ1n) is 6.71. The van der Waals surface area contributed by atoms with Crippen molar-refractivity contribution in [2.75, 3.05) is 13.2 Å². The first-order valence-corrected chi connectivity index (χ1v) is 6.71. The third-order valence-corrected chi connectivity index (χ3v) is 4.23. The summed E-state index contributed by atoms with van der Waals surface area (Å²) < 4.78 is 5.91. The maximum Gasteiger partial charge on any atom is 0.118 e. The Kier molecular flexibility index (Phi) is 2.97. The number of aliphatic hydroxyl groups is 1. The average molecular weight is 235 g/mol. The second-order valence-electron chi connectivity index (χ2n) is 5.57. The molecule has 0 bridgehead atoms. The van der Waals surface area contributed by atoms with Gasteiger partial charge in [0.25, 0.3) is 0 Å². The molecule has 1 saturated heterocycles. The molecule has 3 rings (SSSR count). The van der Waals surface area contributed by atoms with Gasteiger partial charge in [-0.15, -0.1) is 0 Å². The third-order valence-electron chi connectivity index (χ3n) is 4.23. The highest BCUT2D eigenvalue weighted by Crippen LogP contribution is 2.47. The highest BCUT2D eigenvalue weighted by molar-refractivity contribution is 5.17.